The fourth-order valence-corrected chi connectivity index (χ4v) is 1.89. The number of rotatable bonds is 4. The predicted octanol–water partition coefficient (Wildman–Crippen LogP) is 2.08. The lowest BCUT2D eigenvalue weighted by Gasteiger charge is -2.13. The van der Waals surface area contributed by atoms with Crippen molar-refractivity contribution in [2.24, 2.45) is 0 Å². The van der Waals surface area contributed by atoms with Gasteiger partial charge in [-0.1, -0.05) is 13.0 Å². The summed E-state index contributed by atoms with van der Waals surface area (Å²) < 4.78 is 1.98. The average molecular weight is 231 g/mol. The molecule has 0 aliphatic carbocycles. The van der Waals surface area contributed by atoms with Gasteiger partial charge in [-0.25, -0.2) is 4.98 Å². The number of pyridine rings is 1. The Kier molecular flexibility index (Phi) is 3.54. The zero-order valence-corrected chi connectivity index (χ0v) is 10.2. The minimum Gasteiger partial charge on any atom is -0.382 e. The Morgan fingerprint density at radius 3 is 2.82 bits per heavy atom. The van der Waals surface area contributed by atoms with Crippen molar-refractivity contribution in [2.75, 3.05) is 0 Å². The van der Waals surface area contributed by atoms with Gasteiger partial charge in [0.1, 0.15) is 6.10 Å². The topological polar surface area (TPSA) is 50.9 Å². The van der Waals surface area contributed by atoms with Gasteiger partial charge in [0.05, 0.1) is 18.2 Å². The summed E-state index contributed by atoms with van der Waals surface area (Å²) in [4.78, 5) is 8.19. The van der Waals surface area contributed by atoms with Gasteiger partial charge in [-0.15, -0.1) is 0 Å². The molecule has 90 valence electrons. The van der Waals surface area contributed by atoms with Crippen LogP contribution in [-0.4, -0.2) is 19.6 Å². The van der Waals surface area contributed by atoms with Gasteiger partial charge in [0.15, 0.2) is 0 Å². The van der Waals surface area contributed by atoms with Crippen molar-refractivity contribution in [2.45, 2.75) is 32.9 Å². The number of imidazole rings is 1. The molecule has 0 aliphatic rings. The quantitative estimate of drug-likeness (QED) is 0.876. The normalized spacial score (nSPS) is 12.6. The standard InChI is InChI=1S/C13H17N3O/c1-3-4-16-9-15-8-12(16)13(17)11-5-10(2)6-14-7-11/h5-9,13,17H,3-4H2,1-2H3. The maximum Gasteiger partial charge on any atom is 0.122 e. The fraction of sp³-hybridized carbons (Fsp3) is 0.385. The van der Waals surface area contributed by atoms with E-state index in [9.17, 15) is 5.11 Å². The number of aryl methyl sites for hydroxylation is 2. The largest absolute Gasteiger partial charge is 0.382 e. The van der Waals surface area contributed by atoms with Gasteiger partial charge < -0.3 is 9.67 Å². The minimum absolute atomic E-state index is 0.656. The first kappa shape index (κ1) is 11.8. The van der Waals surface area contributed by atoms with Crippen LogP contribution in [0.2, 0.25) is 0 Å². The highest BCUT2D eigenvalue weighted by Gasteiger charge is 2.15. The highest BCUT2D eigenvalue weighted by Crippen LogP contribution is 2.21. The zero-order chi connectivity index (χ0) is 12.3. The van der Waals surface area contributed by atoms with E-state index in [0.29, 0.717) is 0 Å². The van der Waals surface area contributed by atoms with Gasteiger partial charge in [0.25, 0.3) is 0 Å². The second-order valence-corrected chi connectivity index (χ2v) is 4.21. The number of hydrogen-bond donors (Lipinski definition) is 1. The predicted molar refractivity (Wildman–Crippen MR) is 65.6 cm³/mol. The third-order valence-electron chi connectivity index (χ3n) is 2.70. The van der Waals surface area contributed by atoms with Crippen LogP contribution in [0.4, 0.5) is 0 Å². The van der Waals surface area contributed by atoms with Gasteiger partial charge in [0, 0.05) is 24.5 Å². The van der Waals surface area contributed by atoms with E-state index in [2.05, 4.69) is 16.9 Å². The molecule has 2 aromatic rings. The lowest BCUT2D eigenvalue weighted by Crippen LogP contribution is -2.08. The molecule has 2 aromatic heterocycles. The summed E-state index contributed by atoms with van der Waals surface area (Å²) >= 11 is 0. The number of hydrogen-bond acceptors (Lipinski definition) is 3. The van der Waals surface area contributed by atoms with Gasteiger partial charge >= 0.3 is 0 Å². The zero-order valence-electron chi connectivity index (χ0n) is 10.2. The summed E-state index contributed by atoms with van der Waals surface area (Å²) in [6.45, 7) is 4.93. The van der Waals surface area contributed by atoms with Crippen molar-refractivity contribution in [3.05, 3.63) is 47.8 Å². The second-order valence-electron chi connectivity index (χ2n) is 4.21. The van der Waals surface area contributed by atoms with Crippen molar-refractivity contribution in [1.82, 2.24) is 14.5 Å². The van der Waals surface area contributed by atoms with Crippen molar-refractivity contribution in [3.8, 4) is 0 Å². The van der Waals surface area contributed by atoms with Crippen LogP contribution in [0, 0.1) is 6.92 Å². The molecule has 0 saturated heterocycles. The Hall–Kier alpha value is -1.68. The van der Waals surface area contributed by atoms with Crippen LogP contribution >= 0.6 is 0 Å². The molecule has 1 atom stereocenters. The average Bonchev–Trinajstić information content (AvgIpc) is 2.77. The van der Waals surface area contributed by atoms with Crippen LogP contribution in [0.3, 0.4) is 0 Å². The Morgan fingerprint density at radius 1 is 1.29 bits per heavy atom. The monoisotopic (exact) mass is 231 g/mol. The number of nitrogens with zero attached hydrogens (tertiary/aromatic N) is 3. The molecule has 4 heteroatoms. The van der Waals surface area contributed by atoms with E-state index >= 15 is 0 Å². The number of aromatic nitrogens is 3. The first-order chi connectivity index (χ1) is 8.22. The first-order valence-corrected chi connectivity index (χ1v) is 5.82. The van der Waals surface area contributed by atoms with E-state index in [1.54, 1.807) is 24.9 Å². The van der Waals surface area contributed by atoms with E-state index in [0.717, 1.165) is 29.8 Å². The number of aliphatic hydroxyl groups is 1. The van der Waals surface area contributed by atoms with Crippen LogP contribution < -0.4 is 0 Å². The van der Waals surface area contributed by atoms with E-state index in [1.165, 1.54) is 0 Å². The molecule has 4 nitrogen and oxygen atoms in total. The van der Waals surface area contributed by atoms with Crippen LogP contribution in [0.25, 0.3) is 0 Å². The summed E-state index contributed by atoms with van der Waals surface area (Å²) in [7, 11) is 0. The van der Waals surface area contributed by atoms with Gasteiger partial charge in [-0.2, -0.15) is 0 Å². The maximum atomic E-state index is 10.3. The van der Waals surface area contributed by atoms with E-state index < -0.39 is 6.10 Å². The summed E-state index contributed by atoms with van der Waals surface area (Å²) in [6, 6.07) is 1.95. The second kappa shape index (κ2) is 5.10. The maximum absolute atomic E-state index is 10.3. The van der Waals surface area contributed by atoms with Gasteiger partial charge in [-0.05, 0) is 18.9 Å². The molecule has 0 amide bonds. The molecule has 0 radical (unpaired) electrons. The van der Waals surface area contributed by atoms with Crippen molar-refractivity contribution in [1.29, 1.82) is 0 Å². The molecule has 2 rings (SSSR count). The summed E-state index contributed by atoms with van der Waals surface area (Å²) in [5.74, 6) is 0. The molecule has 0 bridgehead atoms. The molecular formula is C13H17N3O. The summed E-state index contributed by atoms with van der Waals surface area (Å²) in [5.41, 5.74) is 2.67. The van der Waals surface area contributed by atoms with E-state index in [-0.39, 0.29) is 0 Å². The Bertz CT molecular complexity index is 493. The van der Waals surface area contributed by atoms with Crippen molar-refractivity contribution in [3.63, 3.8) is 0 Å². The molecule has 0 saturated carbocycles. The smallest absolute Gasteiger partial charge is 0.122 e. The van der Waals surface area contributed by atoms with Gasteiger partial charge in [-0.3, -0.25) is 4.98 Å². The molecule has 0 spiro atoms. The van der Waals surface area contributed by atoms with Crippen molar-refractivity contribution >= 4 is 0 Å². The molecular weight excluding hydrogens is 214 g/mol. The van der Waals surface area contributed by atoms with Crippen LogP contribution in [0.1, 0.15) is 36.3 Å². The van der Waals surface area contributed by atoms with Gasteiger partial charge in [0.2, 0.25) is 0 Å². The van der Waals surface area contributed by atoms with Crippen LogP contribution in [0.5, 0.6) is 0 Å². The molecule has 1 N–H and O–H groups in total. The lowest BCUT2D eigenvalue weighted by atomic mass is 10.1. The number of aliphatic hydroxyl groups excluding tert-OH is 1. The third kappa shape index (κ3) is 2.53. The van der Waals surface area contributed by atoms with Crippen LogP contribution in [-0.2, 0) is 6.54 Å². The Balaban J connectivity index is 2.30. The summed E-state index contributed by atoms with van der Waals surface area (Å²) in [5, 5.41) is 10.3. The fourth-order valence-electron chi connectivity index (χ4n) is 1.89. The minimum atomic E-state index is -0.656. The Morgan fingerprint density at radius 2 is 2.12 bits per heavy atom. The highest BCUT2D eigenvalue weighted by atomic mass is 16.3. The molecule has 0 aromatic carbocycles. The van der Waals surface area contributed by atoms with Crippen molar-refractivity contribution < 1.29 is 5.11 Å². The molecule has 0 fully saturated rings. The molecule has 1 unspecified atom stereocenters. The van der Waals surface area contributed by atoms with Crippen LogP contribution in [0.15, 0.2) is 31.0 Å². The Labute approximate surface area is 101 Å². The SMILES string of the molecule is CCCn1cncc1C(O)c1cncc(C)c1. The first-order valence-electron chi connectivity index (χ1n) is 5.82. The lowest BCUT2D eigenvalue weighted by molar-refractivity contribution is 0.209. The summed E-state index contributed by atoms with van der Waals surface area (Å²) in [6.07, 6.45) is 7.30. The molecule has 2 heterocycles. The third-order valence-corrected chi connectivity index (χ3v) is 2.70. The molecule has 17 heavy (non-hydrogen) atoms. The molecule has 0 aliphatic heterocycles. The highest BCUT2D eigenvalue weighted by molar-refractivity contribution is 5.25. The van der Waals surface area contributed by atoms with E-state index in [1.807, 2.05) is 17.6 Å². The van der Waals surface area contributed by atoms with E-state index in [4.69, 9.17) is 0 Å².